The molecule has 0 amide bonds. The Morgan fingerprint density at radius 2 is 0.793 bits per heavy atom. The Bertz CT molecular complexity index is 696. The number of rotatable bonds is 0. The van der Waals surface area contributed by atoms with E-state index in [0.717, 1.165) is 17.4 Å². The molecule has 0 spiro atoms. The molecule has 0 saturated carbocycles. The van der Waals surface area contributed by atoms with Crippen molar-refractivity contribution in [1.82, 2.24) is 4.98 Å². The number of fused-ring (bicyclic) bond motifs is 2. The van der Waals surface area contributed by atoms with E-state index in [4.69, 9.17) is 0 Å². The van der Waals surface area contributed by atoms with Crippen LogP contribution in [0, 0.1) is 11.8 Å². The predicted molar refractivity (Wildman–Crippen MR) is 133 cm³/mol. The zero-order valence-electron chi connectivity index (χ0n) is 18.3. The molecule has 0 radical (unpaired) electrons. The van der Waals surface area contributed by atoms with E-state index in [9.17, 15) is 0 Å². The highest BCUT2D eigenvalue weighted by molar-refractivity contribution is 5.82. The maximum Gasteiger partial charge on any atom is 0.0701 e. The van der Waals surface area contributed by atoms with Gasteiger partial charge in [0, 0.05) is 11.6 Å². The smallest absolute Gasteiger partial charge is 0.0701 e. The molecular weight excluding hydrogens is 350 g/mol. The molecule has 0 N–H and O–H groups in total. The van der Waals surface area contributed by atoms with Crippen molar-refractivity contribution in [1.29, 1.82) is 0 Å². The first-order chi connectivity index (χ1) is 13.4. The lowest BCUT2D eigenvalue weighted by molar-refractivity contribution is 0.736. The fourth-order valence-corrected chi connectivity index (χ4v) is 2.15. The molecule has 0 atom stereocenters. The second-order valence-electron chi connectivity index (χ2n) is 8.01. The lowest BCUT2D eigenvalue weighted by Crippen LogP contribution is -1.73. The molecule has 3 aromatic carbocycles. The molecule has 29 heavy (non-hydrogen) atoms. The zero-order valence-corrected chi connectivity index (χ0v) is 18.3. The molecule has 1 nitrogen and oxygen atoms in total. The van der Waals surface area contributed by atoms with Crippen molar-refractivity contribution < 1.29 is 0 Å². The Hall–Kier alpha value is -2.67. The first-order valence-electron chi connectivity index (χ1n) is 10.1. The van der Waals surface area contributed by atoms with Gasteiger partial charge in [-0.05, 0) is 34.7 Å². The average Bonchev–Trinajstić information content (AvgIpc) is 2.68. The van der Waals surface area contributed by atoms with E-state index < -0.39 is 0 Å². The zero-order chi connectivity index (χ0) is 20.8. The third-order valence-electron chi connectivity index (χ3n) is 3.17. The lowest BCUT2D eigenvalue weighted by atomic mass is 10.1. The first kappa shape index (κ1) is 26.3. The second-order valence-corrected chi connectivity index (χ2v) is 8.01. The summed E-state index contributed by atoms with van der Waals surface area (Å²) < 4.78 is 0. The molecule has 4 rings (SSSR count). The van der Waals surface area contributed by atoms with Crippen LogP contribution in [0.4, 0.5) is 0 Å². The standard InChI is InChI=1S/C10H8.C9H7N.2C4H10.CH4/c1-2-6-10-8-4-3-7-9(10)5-1;1-2-6-9-8(4-1)5-3-7-10-9;2*1-4(2)3;/h1-8H;1-7H;2*4H,1-3H3;1H4. The van der Waals surface area contributed by atoms with Crippen molar-refractivity contribution in [3.05, 3.63) is 91.1 Å². The minimum absolute atomic E-state index is 0. The lowest BCUT2D eigenvalue weighted by Gasteiger charge is -1.92. The number of hydrogen-bond acceptors (Lipinski definition) is 1. The van der Waals surface area contributed by atoms with Crippen LogP contribution < -0.4 is 0 Å². The minimum Gasteiger partial charge on any atom is -0.256 e. The van der Waals surface area contributed by atoms with E-state index in [-0.39, 0.29) is 7.43 Å². The van der Waals surface area contributed by atoms with E-state index in [0.29, 0.717) is 0 Å². The number of para-hydroxylation sites is 1. The van der Waals surface area contributed by atoms with Crippen molar-refractivity contribution in [2.45, 2.75) is 49.0 Å². The molecule has 0 aliphatic carbocycles. The van der Waals surface area contributed by atoms with E-state index in [1.54, 1.807) is 0 Å². The van der Waals surface area contributed by atoms with Crippen LogP contribution in [0.5, 0.6) is 0 Å². The molecule has 156 valence electrons. The van der Waals surface area contributed by atoms with Crippen LogP contribution in [0.2, 0.25) is 0 Å². The normalized spacial score (nSPS) is 9.38. The molecular formula is C28H39N. The molecule has 0 aliphatic heterocycles. The van der Waals surface area contributed by atoms with Gasteiger partial charge in [0.2, 0.25) is 0 Å². The van der Waals surface area contributed by atoms with Gasteiger partial charge in [-0.15, -0.1) is 0 Å². The summed E-state index contributed by atoms with van der Waals surface area (Å²) in [5, 5.41) is 3.82. The largest absolute Gasteiger partial charge is 0.256 e. The summed E-state index contributed by atoms with van der Waals surface area (Å²) >= 11 is 0. The summed E-state index contributed by atoms with van der Waals surface area (Å²) in [7, 11) is 0. The fraction of sp³-hybridized carbons (Fsp3) is 0.321. The van der Waals surface area contributed by atoms with Crippen LogP contribution in [-0.2, 0) is 0 Å². The summed E-state index contributed by atoms with van der Waals surface area (Å²) in [4.78, 5) is 4.18. The summed E-state index contributed by atoms with van der Waals surface area (Å²) in [5.74, 6) is 1.67. The molecule has 1 heteroatoms. The van der Waals surface area contributed by atoms with E-state index in [2.05, 4.69) is 107 Å². The highest BCUT2D eigenvalue weighted by atomic mass is 14.6. The molecule has 0 bridgehead atoms. The monoisotopic (exact) mass is 389 g/mol. The number of aromatic nitrogens is 1. The van der Waals surface area contributed by atoms with Gasteiger partial charge in [0.1, 0.15) is 0 Å². The summed E-state index contributed by atoms with van der Waals surface area (Å²) in [6.45, 7) is 13.0. The fourth-order valence-electron chi connectivity index (χ4n) is 2.15. The van der Waals surface area contributed by atoms with Gasteiger partial charge in [-0.2, -0.15) is 0 Å². The van der Waals surface area contributed by atoms with Crippen LogP contribution in [0.3, 0.4) is 0 Å². The predicted octanol–water partition coefficient (Wildman–Crippen LogP) is 9.04. The topological polar surface area (TPSA) is 12.9 Å². The average molecular weight is 390 g/mol. The quantitative estimate of drug-likeness (QED) is 0.292. The molecule has 1 aromatic heterocycles. The molecule has 4 aromatic rings. The van der Waals surface area contributed by atoms with Crippen molar-refractivity contribution in [2.24, 2.45) is 11.8 Å². The summed E-state index contributed by atoms with van der Waals surface area (Å²) in [6, 6.07) is 28.8. The Morgan fingerprint density at radius 1 is 0.483 bits per heavy atom. The van der Waals surface area contributed by atoms with Crippen LogP contribution in [-0.4, -0.2) is 4.98 Å². The highest BCUT2D eigenvalue weighted by Gasteiger charge is 1.87. The van der Waals surface area contributed by atoms with Gasteiger partial charge < -0.3 is 0 Å². The SMILES string of the molecule is C.CC(C)C.CC(C)C.c1ccc2ccccc2c1.c1ccc2ncccc2c1. The van der Waals surface area contributed by atoms with E-state index >= 15 is 0 Å². The van der Waals surface area contributed by atoms with E-state index in [1.807, 2.05) is 30.5 Å². The Morgan fingerprint density at radius 3 is 1.17 bits per heavy atom. The van der Waals surface area contributed by atoms with Crippen molar-refractivity contribution >= 4 is 21.7 Å². The van der Waals surface area contributed by atoms with Crippen molar-refractivity contribution in [3.63, 3.8) is 0 Å². The Balaban J connectivity index is 0.000000391. The van der Waals surface area contributed by atoms with Crippen molar-refractivity contribution in [2.75, 3.05) is 0 Å². The summed E-state index contributed by atoms with van der Waals surface area (Å²) in [6.07, 6.45) is 1.81. The maximum atomic E-state index is 4.18. The third-order valence-corrected chi connectivity index (χ3v) is 3.17. The van der Waals surface area contributed by atoms with Crippen LogP contribution in [0.1, 0.15) is 49.0 Å². The summed E-state index contributed by atoms with van der Waals surface area (Å²) in [5.41, 5.74) is 1.06. The molecule has 0 aliphatic rings. The number of hydrogen-bond donors (Lipinski definition) is 0. The van der Waals surface area contributed by atoms with Gasteiger partial charge in [0.15, 0.2) is 0 Å². The molecule has 0 saturated heterocycles. The van der Waals surface area contributed by atoms with E-state index in [1.165, 1.54) is 16.2 Å². The Labute approximate surface area is 178 Å². The van der Waals surface area contributed by atoms with Gasteiger partial charge in [-0.3, -0.25) is 4.98 Å². The van der Waals surface area contributed by atoms with Gasteiger partial charge in [-0.1, -0.05) is 122 Å². The van der Waals surface area contributed by atoms with Crippen LogP contribution >= 0.6 is 0 Å². The Kier molecular flexibility index (Phi) is 13.9. The maximum absolute atomic E-state index is 4.18. The molecule has 0 fully saturated rings. The molecule has 1 heterocycles. The second kappa shape index (κ2) is 15.3. The van der Waals surface area contributed by atoms with Crippen LogP contribution in [0.25, 0.3) is 21.7 Å². The first-order valence-corrected chi connectivity index (χ1v) is 10.1. The minimum atomic E-state index is 0. The van der Waals surface area contributed by atoms with Crippen molar-refractivity contribution in [3.8, 4) is 0 Å². The van der Waals surface area contributed by atoms with Gasteiger partial charge >= 0.3 is 0 Å². The van der Waals surface area contributed by atoms with Gasteiger partial charge in [-0.25, -0.2) is 0 Å². The number of pyridine rings is 1. The van der Waals surface area contributed by atoms with Gasteiger partial charge in [0.25, 0.3) is 0 Å². The highest BCUT2D eigenvalue weighted by Crippen LogP contribution is 2.11. The number of benzene rings is 3. The molecule has 0 unspecified atom stereocenters. The van der Waals surface area contributed by atoms with Gasteiger partial charge in [0.05, 0.1) is 5.52 Å². The van der Waals surface area contributed by atoms with Crippen LogP contribution in [0.15, 0.2) is 91.1 Å². The number of nitrogens with zero attached hydrogens (tertiary/aromatic N) is 1. The third kappa shape index (κ3) is 12.4.